The highest BCUT2D eigenvalue weighted by Gasteiger charge is 2.26. The predicted molar refractivity (Wildman–Crippen MR) is 59.1 cm³/mol. The highest BCUT2D eigenvalue weighted by atomic mass is 35.5. The molecule has 1 fully saturated rings. The summed E-state index contributed by atoms with van der Waals surface area (Å²) in [4.78, 5) is 0. The second-order valence-electron chi connectivity index (χ2n) is 3.86. The minimum absolute atomic E-state index is 0.251. The second kappa shape index (κ2) is 5.01. The topological polar surface area (TPSA) is 34.4 Å². The van der Waals surface area contributed by atoms with Gasteiger partial charge in [-0.3, -0.25) is 0 Å². The van der Waals surface area contributed by atoms with Crippen LogP contribution in [0.1, 0.15) is 24.6 Å². The van der Waals surface area contributed by atoms with Gasteiger partial charge in [-0.25, -0.2) is 0 Å². The average molecular weight is 230 g/mol. The van der Waals surface area contributed by atoms with E-state index < -0.39 is 0 Å². The summed E-state index contributed by atoms with van der Waals surface area (Å²) < 4.78 is 10.8. The Hall–Kier alpha value is -0.510. The Kier molecular flexibility index (Phi) is 3.67. The van der Waals surface area contributed by atoms with Crippen molar-refractivity contribution in [2.45, 2.75) is 18.9 Å². The molecule has 4 heteroatoms. The molecule has 0 spiro atoms. The Bertz CT molecular complexity index is 307. The van der Waals surface area contributed by atoms with Crippen molar-refractivity contribution in [2.75, 3.05) is 20.3 Å². The minimum atomic E-state index is 0.251. The van der Waals surface area contributed by atoms with Crippen LogP contribution in [0.2, 0.25) is 5.22 Å². The van der Waals surface area contributed by atoms with Gasteiger partial charge < -0.3 is 14.5 Å². The molecule has 1 aliphatic rings. The van der Waals surface area contributed by atoms with E-state index in [4.69, 9.17) is 20.8 Å². The van der Waals surface area contributed by atoms with Crippen LogP contribution >= 0.6 is 11.6 Å². The monoisotopic (exact) mass is 229 g/mol. The molecule has 1 atom stereocenters. The van der Waals surface area contributed by atoms with Crippen LogP contribution in [0.5, 0.6) is 0 Å². The first kappa shape index (κ1) is 11.0. The fourth-order valence-electron chi connectivity index (χ4n) is 2.15. The number of halogens is 1. The molecule has 84 valence electrons. The molecule has 3 nitrogen and oxygen atoms in total. The number of rotatable bonds is 3. The van der Waals surface area contributed by atoms with E-state index in [1.165, 1.54) is 0 Å². The summed E-state index contributed by atoms with van der Waals surface area (Å²) in [6.45, 7) is 1.69. The average Bonchev–Trinajstić information content (AvgIpc) is 2.68. The van der Waals surface area contributed by atoms with Crippen molar-refractivity contribution >= 4 is 11.6 Å². The van der Waals surface area contributed by atoms with E-state index in [0.29, 0.717) is 11.1 Å². The summed E-state index contributed by atoms with van der Waals surface area (Å²) >= 11 is 5.78. The molecule has 0 radical (unpaired) electrons. The maximum atomic E-state index is 5.78. The van der Waals surface area contributed by atoms with Gasteiger partial charge in [-0.15, -0.1) is 0 Å². The molecule has 2 heterocycles. The number of hydrogen-bond acceptors (Lipinski definition) is 3. The number of hydrogen-bond donors (Lipinski definition) is 1. The molecular weight excluding hydrogens is 214 g/mol. The minimum Gasteiger partial charge on any atom is -0.448 e. The van der Waals surface area contributed by atoms with Gasteiger partial charge in [-0.1, -0.05) is 0 Å². The maximum Gasteiger partial charge on any atom is 0.193 e. The zero-order chi connectivity index (χ0) is 10.7. The molecule has 1 saturated heterocycles. The van der Waals surface area contributed by atoms with Gasteiger partial charge >= 0.3 is 0 Å². The van der Waals surface area contributed by atoms with Gasteiger partial charge in [-0.2, -0.15) is 0 Å². The van der Waals surface area contributed by atoms with Gasteiger partial charge in [0, 0.05) is 13.2 Å². The first-order valence-corrected chi connectivity index (χ1v) is 5.69. The largest absolute Gasteiger partial charge is 0.448 e. The number of furan rings is 1. The van der Waals surface area contributed by atoms with Crippen LogP contribution in [-0.2, 0) is 4.74 Å². The lowest BCUT2D eigenvalue weighted by molar-refractivity contribution is 0.0518. The third kappa shape index (κ3) is 2.54. The van der Waals surface area contributed by atoms with Crippen molar-refractivity contribution in [3.05, 3.63) is 23.1 Å². The van der Waals surface area contributed by atoms with Crippen molar-refractivity contribution < 1.29 is 9.15 Å². The maximum absolute atomic E-state index is 5.78. The zero-order valence-corrected chi connectivity index (χ0v) is 9.59. The van der Waals surface area contributed by atoms with Crippen LogP contribution in [0.25, 0.3) is 0 Å². The van der Waals surface area contributed by atoms with Crippen LogP contribution in [-0.4, -0.2) is 20.3 Å². The van der Waals surface area contributed by atoms with Crippen molar-refractivity contribution in [1.82, 2.24) is 5.32 Å². The number of ether oxygens (including phenoxy) is 1. The summed E-state index contributed by atoms with van der Waals surface area (Å²) in [6.07, 6.45) is 2.15. The van der Waals surface area contributed by atoms with Crippen molar-refractivity contribution in [1.29, 1.82) is 0 Å². The first-order valence-electron chi connectivity index (χ1n) is 5.31. The van der Waals surface area contributed by atoms with Gasteiger partial charge in [0.25, 0.3) is 0 Å². The van der Waals surface area contributed by atoms with Crippen LogP contribution in [0.3, 0.4) is 0 Å². The van der Waals surface area contributed by atoms with E-state index >= 15 is 0 Å². The lowest BCUT2D eigenvalue weighted by Gasteiger charge is -2.28. The van der Waals surface area contributed by atoms with Crippen molar-refractivity contribution in [2.24, 2.45) is 5.92 Å². The SMILES string of the molecule is CNC(c1ccc(Cl)o1)C1CCOCC1. The van der Waals surface area contributed by atoms with Gasteiger partial charge in [-0.05, 0) is 49.5 Å². The van der Waals surface area contributed by atoms with Crippen LogP contribution in [0, 0.1) is 5.92 Å². The molecule has 1 unspecified atom stereocenters. The Balaban J connectivity index is 2.08. The van der Waals surface area contributed by atoms with E-state index in [0.717, 1.165) is 31.8 Å². The normalized spacial score (nSPS) is 20.4. The highest BCUT2D eigenvalue weighted by molar-refractivity contribution is 6.28. The summed E-state index contributed by atoms with van der Waals surface area (Å²) in [7, 11) is 1.95. The first-order chi connectivity index (χ1) is 7.31. The summed E-state index contributed by atoms with van der Waals surface area (Å²) in [5.41, 5.74) is 0. The molecule has 0 saturated carbocycles. The Morgan fingerprint density at radius 3 is 2.67 bits per heavy atom. The Morgan fingerprint density at radius 1 is 1.40 bits per heavy atom. The number of nitrogens with one attached hydrogen (secondary N) is 1. The van der Waals surface area contributed by atoms with E-state index in [9.17, 15) is 0 Å². The fraction of sp³-hybridized carbons (Fsp3) is 0.636. The van der Waals surface area contributed by atoms with Crippen LogP contribution in [0.15, 0.2) is 16.5 Å². The second-order valence-corrected chi connectivity index (χ2v) is 4.23. The molecule has 0 amide bonds. The van der Waals surface area contributed by atoms with Crippen LogP contribution < -0.4 is 5.32 Å². The fourth-order valence-corrected chi connectivity index (χ4v) is 2.31. The van der Waals surface area contributed by atoms with E-state index in [2.05, 4.69) is 5.32 Å². The molecule has 0 aliphatic carbocycles. The third-order valence-corrected chi connectivity index (χ3v) is 3.15. The van der Waals surface area contributed by atoms with E-state index in [1.54, 1.807) is 6.07 Å². The lowest BCUT2D eigenvalue weighted by Crippen LogP contribution is -2.29. The zero-order valence-electron chi connectivity index (χ0n) is 8.83. The summed E-state index contributed by atoms with van der Waals surface area (Å²) in [6, 6.07) is 3.99. The molecule has 1 aromatic heterocycles. The Morgan fingerprint density at radius 2 is 2.13 bits per heavy atom. The van der Waals surface area contributed by atoms with Crippen molar-refractivity contribution in [3.63, 3.8) is 0 Å². The Labute approximate surface area is 94.7 Å². The third-order valence-electron chi connectivity index (χ3n) is 2.95. The molecule has 1 aromatic rings. The molecule has 2 rings (SSSR count). The van der Waals surface area contributed by atoms with Crippen LogP contribution in [0.4, 0.5) is 0 Å². The van der Waals surface area contributed by atoms with E-state index in [-0.39, 0.29) is 6.04 Å². The lowest BCUT2D eigenvalue weighted by atomic mass is 9.90. The summed E-state index contributed by atoms with van der Waals surface area (Å²) in [5, 5.41) is 3.75. The molecule has 0 bridgehead atoms. The van der Waals surface area contributed by atoms with Gasteiger partial charge in [0.2, 0.25) is 0 Å². The smallest absolute Gasteiger partial charge is 0.193 e. The molecule has 1 N–H and O–H groups in total. The van der Waals surface area contributed by atoms with Gasteiger partial charge in [0.15, 0.2) is 5.22 Å². The molecule has 0 aromatic carbocycles. The molecule has 15 heavy (non-hydrogen) atoms. The van der Waals surface area contributed by atoms with Gasteiger partial charge in [0.1, 0.15) is 5.76 Å². The van der Waals surface area contributed by atoms with Crippen molar-refractivity contribution in [3.8, 4) is 0 Å². The van der Waals surface area contributed by atoms with Gasteiger partial charge in [0.05, 0.1) is 6.04 Å². The highest BCUT2D eigenvalue weighted by Crippen LogP contribution is 2.31. The standard InChI is InChI=1S/C11H16ClNO2/c1-13-11(8-4-6-14-7-5-8)9-2-3-10(12)15-9/h2-3,8,11,13H,4-7H2,1H3. The predicted octanol–water partition coefficient (Wildman–Crippen LogP) is 2.62. The molecule has 1 aliphatic heterocycles. The summed E-state index contributed by atoms with van der Waals surface area (Å²) in [5.74, 6) is 1.50. The quantitative estimate of drug-likeness (QED) is 0.865. The van der Waals surface area contributed by atoms with E-state index in [1.807, 2.05) is 13.1 Å². The molecular formula is C11H16ClNO2.